The van der Waals surface area contributed by atoms with Gasteiger partial charge in [0.05, 0.1) is 4.90 Å². The van der Waals surface area contributed by atoms with Crippen LogP contribution < -0.4 is 0 Å². The highest BCUT2D eigenvalue weighted by atomic mass is 32.2. The van der Waals surface area contributed by atoms with Crippen molar-refractivity contribution in [2.45, 2.75) is 17.9 Å². The number of carbonyl (C=O) groups excluding carboxylic acids is 1. The van der Waals surface area contributed by atoms with E-state index in [1.165, 1.54) is 4.31 Å². The van der Waals surface area contributed by atoms with Gasteiger partial charge in [0.25, 0.3) is 0 Å². The molecule has 0 bridgehead atoms. The molecule has 24 heavy (non-hydrogen) atoms. The van der Waals surface area contributed by atoms with Gasteiger partial charge in [-0.05, 0) is 25.1 Å². The summed E-state index contributed by atoms with van der Waals surface area (Å²) in [6.07, 6.45) is 3.38. The van der Waals surface area contributed by atoms with Gasteiger partial charge in [-0.25, -0.2) is 8.42 Å². The summed E-state index contributed by atoms with van der Waals surface area (Å²) in [5.41, 5.74) is 0. The number of aromatic nitrogens is 2. The Labute approximate surface area is 141 Å². The summed E-state index contributed by atoms with van der Waals surface area (Å²) >= 11 is 0. The fourth-order valence-corrected chi connectivity index (χ4v) is 4.22. The molecule has 1 unspecified atom stereocenters. The van der Waals surface area contributed by atoms with E-state index in [0.29, 0.717) is 26.2 Å². The van der Waals surface area contributed by atoms with Crippen LogP contribution in [-0.2, 0) is 14.8 Å². The lowest BCUT2D eigenvalue weighted by atomic mass is 10.2. The molecule has 7 nitrogen and oxygen atoms in total. The van der Waals surface area contributed by atoms with Crippen LogP contribution in [0, 0.1) is 0 Å². The third-order valence-corrected chi connectivity index (χ3v) is 6.12. The minimum absolute atomic E-state index is 0.0459. The van der Waals surface area contributed by atoms with Gasteiger partial charge in [-0.3, -0.25) is 9.48 Å². The van der Waals surface area contributed by atoms with Crippen LogP contribution in [0.5, 0.6) is 0 Å². The molecule has 0 aliphatic carbocycles. The Hall–Kier alpha value is -2.19. The number of piperazine rings is 1. The Morgan fingerprint density at radius 3 is 2.33 bits per heavy atom. The van der Waals surface area contributed by atoms with Crippen molar-refractivity contribution in [2.24, 2.45) is 0 Å². The number of benzene rings is 1. The molecule has 1 saturated heterocycles. The average molecular weight is 348 g/mol. The second-order valence-electron chi connectivity index (χ2n) is 5.70. The van der Waals surface area contributed by atoms with Crippen LogP contribution in [0.15, 0.2) is 53.7 Å². The summed E-state index contributed by atoms with van der Waals surface area (Å²) in [6, 6.07) is 9.76. The third kappa shape index (κ3) is 3.20. The summed E-state index contributed by atoms with van der Waals surface area (Å²) in [4.78, 5) is 14.5. The van der Waals surface area contributed by atoms with Gasteiger partial charge in [-0.1, -0.05) is 18.2 Å². The number of nitrogens with zero attached hydrogens (tertiary/aromatic N) is 4. The number of carbonyl (C=O) groups is 1. The molecule has 1 aliphatic heterocycles. The van der Waals surface area contributed by atoms with E-state index >= 15 is 0 Å². The molecule has 2 aromatic rings. The first kappa shape index (κ1) is 16.7. The first-order valence-electron chi connectivity index (χ1n) is 7.83. The van der Waals surface area contributed by atoms with Crippen LogP contribution in [-0.4, -0.2) is 59.5 Å². The molecule has 1 amide bonds. The molecule has 3 rings (SSSR count). The molecule has 2 heterocycles. The fourth-order valence-electron chi connectivity index (χ4n) is 2.78. The van der Waals surface area contributed by atoms with Crippen LogP contribution in [0.3, 0.4) is 0 Å². The molecular weight excluding hydrogens is 328 g/mol. The Bertz CT molecular complexity index is 782. The van der Waals surface area contributed by atoms with Gasteiger partial charge in [-0.15, -0.1) is 0 Å². The smallest absolute Gasteiger partial charge is 0.247 e. The topological polar surface area (TPSA) is 75.5 Å². The Balaban J connectivity index is 1.65. The molecule has 0 N–H and O–H groups in total. The molecule has 0 radical (unpaired) electrons. The largest absolute Gasteiger partial charge is 0.338 e. The summed E-state index contributed by atoms with van der Waals surface area (Å²) in [5.74, 6) is -0.0459. The van der Waals surface area contributed by atoms with E-state index in [0.717, 1.165) is 0 Å². The highest BCUT2D eigenvalue weighted by molar-refractivity contribution is 7.89. The SMILES string of the molecule is CC(C(=O)N1CCN(S(=O)(=O)c2ccccc2)CC1)n1cccn1. The maximum absolute atomic E-state index is 12.6. The van der Waals surface area contributed by atoms with Gasteiger partial charge >= 0.3 is 0 Å². The van der Waals surface area contributed by atoms with E-state index in [2.05, 4.69) is 5.10 Å². The van der Waals surface area contributed by atoms with Gasteiger partial charge in [0.2, 0.25) is 15.9 Å². The molecule has 8 heteroatoms. The van der Waals surface area contributed by atoms with Crippen molar-refractivity contribution in [1.82, 2.24) is 19.0 Å². The van der Waals surface area contributed by atoms with Gasteiger partial charge in [0, 0.05) is 38.6 Å². The maximum Gasteiger partial charge on any atom is 0.247 e. The van der Waals surface area contributed by atoms with Crippen molar-refractivity contribution >= 4 is 15.9 Å². The minimum atomic E-state index is -3.50. The number of sulfonamides is 1. The summed E-state index contributed by atoms with van der Waals surface area (Å²) in [7, 11) is -3.50. The van der Waals surface area contributed by atoms with Gasteiger partial charge in [0.15, 0.2) is 0 Å². The predicted molar refractivity (Wildman–Crippen MR) is 88.7 cm³/mol. The van der Waals surface area contributed by atoms with E-state index in [-0.39, 0.29) is 10.8 Å². The summed E-state index contributed by atoms with van der Waals surface area (Å²) in [5, 5.41) is 4.09. The van der Waals surface area contributed by atoms with Gasteiger partial charge < -0.3 is 4.90 Å². The number of hydrogen-bond acceptors (Lipinski definition) is 4. The molecule has 0 saturated carbocycles. The minimum Gasteiger partial charge on any atom is -0.338 e. The quantitative estimate of drug-likeness (QED) is 0.825. The third-order valence-electron chi connectivity index (χ3n) is 4.21. The fraction of sp³-hybridized carbons (Fsp3) is 0.375. The van der Waals surface area contributed by atoms with Crippen molar-refractivity contribution in [3.05, 3.63) is 48.8 Å². The van der Waals surface area contributed by atoms with Gasteiger partial charge in [0.1, 0.15) is 6.04 Å². The highest BCUT2D eigenvalue weighted by Crippen LogP contribution is 2.18. The lowest BCUT2D eigenvalue weighted by Crippen LogP contribution is -2.51. The zero-order valence-corrected chi connectivity index (χ0v) is 14.3. The normalized spacial score (nSPS) is 17.6. The van der Waals surface area contributed by atoms with Crippen molar-refractivity contribution in [1.29, 1.82) is 0 Å². The maximum atomic E-state index is 12.6. The van der Waals surface area contributed by atoms with Crippen molar-refractivity contribution in [3.8, 4) is 0 Å². The van der Waals surface area contributed by atoms with E-state index in [1.807, 2.05) is 0 Å². The predicted octanol–water partition coefficient (Wildman–Crippen LogP) is 0.977. The second-order valence-corrected chi connectivity index (χ2v) is 7.64. The summed E-state index contributed by atoms with van der Waals surface area (Å²) < 4.78 is 28.2. The van der Waals surface area contributed by atoms with Crippen LogP contribution >= 0.6 is 0 Å². The number of rotatable bonds is 4. The van der Waals surface area contributed by atoms with Crippen LogP contribution in [0.4, 0.5) is 0 Å². The van der Waals surface area contributed by atoms with E-state index in [9.17, 15) is 13.2 Å². The standard InChI is InChI=1S/C16H20N4O3S/c1-14(20-9-5-8-17-20)16(21)18-10-12-19(13-11-18)24(22,23)15-6-3-2-4-7-15/h2-9,14H,10-13H2,1H3. The van der Waals surface area contributed by atoms with E-state index in [4.69, 9.17) is 0 Å². The zero-order chi connectivity index (χ0) is 17.2. The van der Waals surface area contributed by atoms with Crippen molar-refractivity contribution < 1.29 is 13.2 Å². The molecule has 1 aliphatic rings. The summed E-state index contributed by atoms with van der Waals surface area (Å²) in [6.45, 7) is 3.17. The van der Waals surface area contributed by atoms with Crippen LogP contribution in [0.2, 0.25) is 0 Å². The van der Waals surface area contributed by atoms with E-state index in [1.54, 1.807) is 65.3 Å². The Morgan fingerprint density at radius 2 is 1.75 bits per heavy atom. The molecule has 0 spiro atoms. The molecule has 1 aromatic heterocycles. The van der Waals surface area contributed by atoms with Crippen LogP contribution in [0.1, 0.15) is 13.0 Å². The molecule has 128 valence electrons. The lowest BCUT2D eigenvalue weighted by molar-refractivity contribution is -0.135. The monoisotopic (exact) mass is 348 g/mol. The van der Waals surface area contributed by atoms with Crippen LogP contribution in [0.25, 0.3) is 0 Å². The van der Waals surface area contributed by atoms with Gasteiger partial charge in [-0.2, -0.15) is 9.40 Å². The van der Waals surface area contributed by atoms with Crippen molar-refractivity contribution in [2.75, 3.05) is 26.2 Å². The second kappa shape index (κ2) is 6.74. The Kier molecular flexibility index (Phi) is 4.68. The lowest BCUT2D eigenvalue weighted by Gasteiger charge is -2.35. The average Bonchev–Trinajstić information content (AvgIpc) is 3.16. The first-order valence-corrected chi connectivity index (χ1v) is 9.27. The highest BCUT2D eigenvalue weighted by Gasteiger charge is 2.31. The molecular formula is C16H20N4O3S. The molecule has 1 atom stereocenters. The Morgan fingerprint density at radius 1 is 1.08 bits per heavy atom. The van der Waals surface area contributed by atoms with E-state index < -0.39 is 16.1 Å². The molecule has 1 aromatic carbocycles. The number of amides is 1. The zero-order valence-electron chi connectivity index (χ0n) is 13.4. The number of hydrogen-bond donors (Lipinski definition) is 0. The van der Waals surface area contributed by atoms with Crippen molar-refractivity contribution in [3.63, 3.8) is 0 Å². The molecule has 1 fully saturated rings. The first-order chi connectivity index (χ1) is 11.5.